The molecule has 0 spiro atoms. The van der Waals surface area contributed by atoms with Crippen LogP contribution in [0.1, 0.15) is 45.0 Å². The number of pyridine rings is 1. The topological polar surface area (TPSA) is 60.5 Å². The molecule has 0 aliphatic rings. The van der Waals surface area contributed by atoms with Crippen LogP contribution in [0, 0.1) is 0 Å². The molecule has 1 heterocycles. The van der Waals surface area contributed by atoms with Crippen LogP contribution in [0.25, 0.3) is 0 Å². The molecular formula is C20H26N2O3. The van der Waals surface area contributed by atoms with Gasteiger partial charge in [-0.3, -0.25) is 9.78 Å². The van der Waals surface area contributed by atoms with Gasteiger partial charge in [-0.05, 0) is 42.2 Å². The van der Waals surface area contributed by atoms with E-state index in [-0.39, 0.29) is 24.0 Å². The Balaban J connectivity index is 1.85. The molecule has 134 valence electrons. The fourth-order valence-corrected chi connectivity index (χ4v) is 2.33. The first-order chi connectivity index (χ1) is 11.8. The number of amides is 1. The van der Waals surface area contributed by atoms with E-state index < -0.39 is 0 Å². The zero-order valence-electron chi connectivity index (χ0n) is 15.5. The highest BCUT2D eigenvalue weighted by molar-refractivity contribution is 5.77. The first-order valence-electron chi connectivity index (χ1n) is 8.32. The quantitative estimate of drug-likeness (QED) is 0.870. The van der Waals surface area contributed by atoms with Gasteiger partial charge in [-0.15, -0.1) is 0 Å². The van der Waals surface area contributed by atoms with Gasteiger partial charge in [0.1, 0.15) is 11.5 Å². The Morgan fingerprint density at radius 3 is 2.28 bits per heavy atom. The third kappa shape index (κ3) is 5.48. The van der Waals surface area contributed by atoms with Gasteiger partial charge >= 0.3 is 0 Å². The Labute approximate surface area is 149 Å². The number of hydrogen-bond acceptors (Lipinski definition) is 4. The molecule has 1 amide bonds. The second-order valence-corrected chi connectivity index (χ2v) is 6.98. The van der Waals surface area contributed by atoms with Gasteiger partial charge in [0.2, 0.25) is 0 Å². The lowest BCUT2D eigenvalue weighted by atomic mass is 9.87. The predicted octanol–water partition coefficient (Wildman–Crippen LogP) is 3.64. The lowest BCUT2D eigenvalue weighted by molar-refractivity contribution is -0.123. The largest absolute Gasteiger partial charge is 0.495 e. The van der Waals surface area contributed by atoms with Crippen LogP contribution in [0.4, 0.5) is 0 Å². The second-order valence-electron chi connectivity index (χ2n) is 6.98. The molecule has 5 nitrogen and oxygen atoms in total. The number of carbonyl (C=O) groups excluding carboxylic acids is 1. The molecule has 2 rings (SSSR count). The van der Waals surface area contributed by atoms with Crippen LogP contribution in [-0.2, 0) is 10.2 Å². The van der Waals surface area contributed by atoms with E-state index in [1.54, 1.807) is 13.3 Å². The SMILES string of the molecule is COc1ccc([C@@H](C)NC(=O)COc2ccc(C(C)(C)C)cc2)nc1. The van der Waals surface area contributed by atoms with Crippen molar-refractivity contribution in [3.8, 4) is 11.5 Å². The highest BCUT2D eigenvalue weighted by atomic mass is 16.5. The van der Waals surface area contributed by atoms with Gasteiger partial charge in [-0.1, -0.05) is 32.9 Å². The van der Waals surface area contributed by atoms with Crippen molar-refractivity contribution >= 4 is 5.91 Å². The van der Waals surface area contributed by atoms with Crippen molar-refractivity contribution in [2.24, 2.45) is 0 Å². The number of aromatic nitrogens is 1. The molecule has 1 N–H and O–H groups in total. The van der Waals surface area contributed by atoms with Crippen LogP contribution < -0.4 is 14.8 Å². The Kier molecular flexibility index (Phi) is 6.02. The van der Waals surface area contributed by atoms with E-state index >= 15 is 0 Å². The summed E-state index contributed by atoms with van der Waals surface area (Å²) in [5.74, 6) is 1.17. The summed E-state index contributed by atoms with van der Waals surface area (Å²) in [6.45, 7) is 8.32. The number of benzene rings is 1. The standard InChI is InChI=1S/C20H26N2O3/c1-14(18-11-10-17(24-5)12-21-18)22-19(23)13-25-16-8-6-15(7-9-16)20(2,3)4/h6-12,14H,13H2,1-5H3,(H,22,23)/t14-/m1/s1. The fraction of sp³-hybridized carbons (Fsp3) is 0.400. The van der Waals surface area contributed by atoms with Crippen molar-refractivity contribution in [2.75, 3.05) is 13.7 Å². The number of methoxy groups -OCH3 is 1. The smallest absolute Gasteiger partial charge is 0.258 e. The minimum atomic E-state index is -0.203. The van der Waals surface area contributed by atoms with Crippen molar-refractivity contribution in [3.05, 3.63) is 53.9 Å². The van der Waals surface area contributed by atoms with Gasteiger partial charge < -0.3 is 14.8 Å². The van der Waals surface area contributed by atoms with Crippen LogP contribution in [0.15, 0.2) is 42.6 Å². The number of hydrogen-bond donors (Lipinski definition) is 1. The van der Waals surface area contributed by atoms with E-state index in [2.05, 4.69) is 31.1 Å². The molecule has 1 atom stereocenters. The summed E-state index contributed by atoms with van der Waals surface area (Å²) in [7, 11) is 1.59. The van der Waals surface area contributed by atoms with Crippen LogP contribution >= 0.6 is 0 Å². The normalized spacial score (nSPS) is 12.4. The number of nitrogens with zero attached hydrogens (tertiary/aromatic N) is 1. The molecule has 0 radical (unpaired) electrons. The summed E-state index contributed by atoms with van der Waals surface area (Å²) in [6.07, 6.45) is 1.63. The van der Waals surface area contributed by atoms with Crippen molar-refractivity contribution in [2.45, 2.75) is 39.2 Å². The summed E-state index contributed by atoms with van der Waals surface area (Å²) in [5.41, 5.74) is 2.09. The van der Waals surface area contributed by atoms with Crippen LogP contribution in [-0.4, -0.2) is 24.6 Å². The van der Waals surface area contributed by atoms with Crippen molar-refractivity contribution in [1.82, 2.24) is 10.3 Å². The van der Waals surface area contributed by atoms with Gasteiger partial charge in [-0.25, -0.2) is 0 Å². The molecular weight excluding hydrogens is 316 g/mol. The first-order valence-corrected chi connectivity index (χ1v) is 8.32. The average molecular weight is 342 g/mol. The predicted molar refractivity (Wildman–Crippen MR) is 98.0 cm³/mol. The maximum absolute atomic E-state index is 12.1. The molecule has 0 saturated heterocycles. The minimum absolute atomic E-state index is 0.0324. The maximum atomic E-state index is 12.1. The molecule has 0 fully saturated rings. The molecule has 0 saturated carbocycles. The zero-order valence-corrected chi connectivity index (χ0v) is 15.5. The van der Waals surface area contributed by atoms with Crippen LogP contribution in [0.2, 0.25) is 0 Å². The lowest BCUT2D eigenvalue weighted by Gasteiger charge is -2.19. The van der Waals surface area contributed by atoms with E-state index in [1.165, 1.54) is 5.56 Å². The molecule has 25 heavy (non-hydrogen) atoms. The summed E-state index contributed by atoms with van der Waals surface area (Å²) >= 11 is 0. The van der Waals surface area contributed by atoms with Crippen molar-refractivity contribution < 1.29 is 14.3 Å². The molecule has 5 heteroatoms. The van der Waals surface area contributed by atoms with Crippen LogP contribution in [0.5, 0.6) is 11.5 Å². The molecule has 0 aliphatic heterocycles. The van der Waals surface area contributed by atoms with E-state index in [0.29, 0.717) is 11.5 Å². The number of ether oxygens (including phenoxy) is 2. The van der Waals surface area contributed by atoms with Gasteiger partial charge in [-0.2, -0.15) is 0 Å². The average Bonchev–Trinajstić information content (AvgIpc) is 2.59. The minimum Gasteiger partial charge on any atom is -0.495 e. The fourth-order valence-electron chi connectivity index (χ4n) is 2.33. The number of nitrogens with one attached hydrogen (secondary N) is 1. The van der Waals surface area contributed by atoms with E-state index in [4.69, 9.17) is 9.47 Å². The molecule has 0 aliphatic carbocycles. The van der Waals surface area contributed by atoms with E-state index in [1.807, 2.05) is 43.3 Å². The van der Waals surface area contributed by atoms with Gasteiger partial charge in [0.25, 0.3) is 5.91 Å². The lowest BCUT2D eigenvalue weighted by Crippen LogP contribution is -2.31. The van der Waals surface area contributed by atoms with Crippen LogP contribution in [0.3, 0.4) is 0 Å². The molecule has 1 aromatic heterocycles. The maximum Gasteiger partial charge on any atom is 0.258 e. The summed E-state index contributed by atoms with van der Waals surface area (Å²) < 4.78 is 10.6. The van der Waals surface area contributed by atoms with Gasteiger partial charge in [0, 0.05) is 0 Å². The Bertz CT molecular complexity index is 688. The highest BCUT2D eigenvalue weighted by Crippen LogP contribution is 2.24. The van der Waals surface area contributed by atoms with Gasteiger partial charge in [0.15, 0.2) is 6.61 Å². The molecule has 0 bridgehead atoms. The monoisotopic (exact) mass is 342 g/mol. The zero-order chi connectivity index (χ0) is 18.4. The second kappa shape index (κ2) is 8.01. The molecule has 1 aromatic carbocycles. The molecule has 0 unspecified atom stereocenters. The van der Waals surface area contributed by atoms with Gasteiger partial charge in [0.05, 0.1) is 25.0 Å². The summed E-state index contributed by atoms with van der Waals surface area (Å²) in [6, 6.07) is 11.3. The Morgan fingerprint density at radius 2 is 1.76 bits per heavy atom. The Hall–Kier alpha value is -2.56. The van der Waals surface area contributed by atoms with E-state index in [0.717, 1.165) is 5.69 Å². The molecule has 2 aromatic rings. The number of rotatable bonds is 6. The number of carbonyl (C=O) groups is 1. The highest BCUT2D eigenvalue weighted by Gasteiger charge is 2.14. The van der Waals surface area contributed by atoms with Crippen molar-refractivity contribution in [1.29, 1.82) is 0 Å². The van der Waals surface area contributed by atoms with E-state index in [9.17, 15) is 4.79 Å². The third-order valence-corrected chi connectivity index (χ3v) is 3.91. The van der Waals surface area contributed by atoms with Crippen molar-refractivity contribution in [3.63, 3.8) is 0 Å². The first kappa shape index (κ1) is 18.8. The Morgan fingerprint density at radius 1 is 1.12 bits per heavy atom. The summed E-state index contributed by atoms with van der Waals surface area (Å²) in [4.78, 5) is 16.3. The third-order valence-electron chi connectivity index (χ3n) is 3.91. The summed E-state index contributed by atoms with van der Waals surface area (Å²) in [5, 5.41) is 2.87.